The van der Waals surface area contributed by atoms with Crippen LogP contribution in [-0.4, -0.2) is 30.4 Å². The van der Waals surface area contributed by atoms with Crippen molar-refractivity contribution in [1.82, 2.24) is 5.32 Å². The van der Waals surface area contributed by atoms with Gasteiger partial charge in [-0.05, 0) is 30.2 Å². The van der Waals surface area contributed by atoms with Gasteiger partial charge in [0.2, 0.25) is 0 Å². The van der Waals surface area contributed by atoms with Crippen LogP contribution in [0.3, 0.4) is 0 Å². The fraction of sp³-hybridized carbons (Fsp3) is 0.467. The molecule has 4 heteroatoms. The molecule has 2 N–H and O–H groups in total. The van der Waals surface area contributed by atoms with E-state index in [0.717, 1.165) is 22.2 Å². The zero-order valence-electron chi connectivity index (χ0n) is 11.5. The molecule has 0 fully saturated rings. The topological polar surface area (TPSA) is 41.5 Å². The summed E-state index contributed by atoms with van der Waals surface area (Å²) < 4.78 is 6.69. The second kappa shape index (κ2) is 8.35. The number of benzene rings is 1. The van der Waals surface area contributed by atoms with Crippen LogP contribution in [0.15, 0.2) is 35.3 Å². The van der Waals surface area contributed by atoms with Gasteiger partial charge in [-0.2, -0.15) is 0 Å². The van der Waals surface area contributed by atoms with Gasteiger partial charge < -0.3 is 15.2 Å². The molecule has 0 saturated carbocycles. The van der Waals surface area contributed by atoms with Crippen molar-refractivity contribution in [2.24, 2.45) is 0 Å². The van der Waals surface area contributed by atoms with Gasteiger partial charge in [0.25, 0.3) is 0 Å². The Morgan fingerprint density at radius 3 is 2.84 bits per heavy atom. The minimum absolute atomic E-state index is 0.283. The number of hydrogen-bond donors (Lipinski definition) is 2. The fourth-order valence-corrected chi connectivity index (χ4v) is 2.03. The molecule has 1 rings (SSSR count). The molecule has 0 aliphatic rings. The molecule has 0 spiro atoms. The maximum Gasteiger partial charge on any atom is 0.123 e. The highest BCUT2D eigenvalue weighted by molar-refractivity contribution is 9.10. The second-order valence-electron chi connectivity index (χ2n) is 4.77. The van der Waals surface area contributed by atoms with E-state index in [0.29, 0.717) is 12.6 Å². The lowest BCUT2D eigenvalue weighted by atomic mass is 10.1. The van der Waals surface area contributed by atoms with Crippen LogP contribution >= 0.6 is 15.9 Å². The van der Waals surface area contributed by atoms with Gasteiger partial charge in [-0.1, -0.05) is 35.9 Å². The number of ether oxygens (including phenoxy) is 1. The van der Waals surface area contributed by atoms with Gasteiger partial charge in [-0.15, -0.1) is 6.58 Å². The number of aliphatic hydroxyl groups is 1. The van der Waals surface area contributed by atoms with E-state index in [1.807, 2.05) is 38.1 Å². The van der Waals surface area contributed by atoms with Crippen molar-refractivity contribution in [3.05, 3.63) is 40.9 Å². The minimum Gasteiger partial charge on any atom is -0.491 e. The number of halogens is 1. The molecule has 0 radical (unpaired) electrons. The van der Waals surface area contributed by atoms with Gasteiger partial charge in [-0.3, -0.25) is 0 Å². The van der Waals surface area contributed by atoms with E-state index in [1.165, 1.54) is 0 Å². The van der Waals surface area contributed by atoms with E-state index in [1.54, 1.807) is 0 Å². The molecule has 1 aromatic rings. The number of allylic oxidation sites excluding steroid dienone is 1. The summed E-state index contributed by atoms with van der Waals surface area (Å²) in [6, 6.07) is 6.21. The Hall–Kier alpha value is -0.840. The van der Waals surface area contributed by atoms with E-state index in [-0.39, 0.29) is 6.61 Å². The fourth-order valence-electron chi connectivity index (χ4n) is 1.62. The maximum absolute atomic E-state index is 9.82. The van der Waals surface area contributed by atoms with Crippen molar-refractivity contribution in [3.8, 4) is 5.75 Å². The lowest BCUT2D eigenvalue weighted by Gasteiger charge is -2.16. The molecule has 0 saturated heterocycles. The Labute approximate surface area is 123 Å². The Kier molecular flexibility index (Phi) is 7.13. The number of aliphatic hydroxyl groups excluding tert-OH is 1. The largest absolute Gasteiger partial charge is 0.491 e. The van der Waals surface area contributed by atoms with E-state index in [9.17, 15) is 5.11 Å². The first kappa shape index (κ1) is 16.2. The first-order valence-corrected chi connectivity index (χ1v) is 7.25. The number of hydrogen-bond acceptors (Lipinski definition) is 3. The van der Waals surface area contributed by atoms with E-state index >= 15 is 0 Å². The van der Waals surface area contributed by atoms with Crippen LogP contribution in [0, 0.1) is 0 Å². The van der Waals surface area contributed by atoms with Crippen LogP contribution in [0.4, 0.5) is 0 Å². The summed E-state index contributed by atoms with van der Waals surface area (Å²) in [6.07, 6.45) is 2.07. The summed E-state index contributed by atoms with van der Waals surface area (Å²) in [4.78, 5) is 0. The number of rotatable bonds is 8. The van der Waals surface area contributed by atoms with Crippen molar-refractivity contribution in [3.63, 3.8) is 0 Å². The van der Waals surface area contributed by atoms with Gasteiger partial charge in [0.1, 0.15) is 18.5 Å². The van der Waals surface area contributed by atoms with Crippen LogP contribution in [0.25, 0.3) is 0 Å². The summed E-state index contributed by atoms with van der Waals surface area (Å²) >= 11 is 3.44. The van der Waals surface area contributed by atoms with Crippen LogP contribution in [-0.2, 0) is 6.42 Å². The molecule has 0 aliphatic heterocycles. The highest BCUT2D eigenvalue weighted by atomic mass is 79.9. The Morgan fingerprint density at radius 1 is 1.47 bits per heavy atom. The van der Waals surface area contributed by atoms with Crippen LogP contribution in [0.1, 0.15) is 19.4 Å². The number of nitrogens with one attached hydrogen (secondary N) is 1. The standard InChI is InChI=1S/C15H22BrNO2/c1-4-5-12-8-13(16)6-7-15(12)19-10-14(18)9-17-11(2)3/h4,6-8,11,14,17-18H,1,5,9-10H2,2-3H3. The third-order valence-corrected chi connectivity index (χ3v) is 3.07. The van der Waals surface area contributed by atoms with E-state index < -0.39 is 6.10 Å². The molecule has 3 nitrogen and oxygen atoms in total. The van der Waals surface area contributed by atoms with Crippen LogP contribution < -0.4 is 10.1 Å². The van der Waals surface area contributed by atoms with Crippen molar-refractivity contribution in [2.75, 3.05) is 13.2 Å². The molecule has 19 heavy (non-hydrogen) atoms. The Bertz CT molecular complexity index is 407. The smallest absolute Gasteiger partial charge is 0.123 e. The predicted molar refractivity (Wildman–Crippen MR) is 82.7 cm³/mol. The lowest BCUT2D eigenvalue weighted by Crippen LogP contribution is -2.35. The van der Waals surface area contributed by atoms with Crippen LogP contribution in [0.2, 0.25) is 0 Å². The minimum atomic E-state index is -0.511. The normalized spacial score (nSPS) is 12.5. The molecular weight excluding hydrogens is 306 g/mol. The van der Waals surface area contributed by atoms with Gasteiger partial charge in [0.05, 0.1) is 0 Å². The Balaban J connectivity index is 2.54. The third kappa shape index (κ3) is 6.23. The van der Waals surface area contributed by atoms with Crippen LogP contribution in [0.5, 0.6) is 5.75 Å². The van der Waals surface area contributed by atoms with E-state index in [4.69, 9.17) is 4.74 Å². The van der Waals surface area contributed by atoms with Crippen molar-refractivity contribution in [2.45, 2.75) is 32.4 Å². The summed E-state index contributed by atoms with van der Waals surface area (Å²) in [5.74, 6) is 0.798. The average molecular weight is 328 g/mol. The third-order valence-electron chi connectivity index (χ3n) is 2.58. The zero-order valence-corrected chi connectivity index (χ0v) is 13.1. The summed E-state index contributed by atoms with van der Waals surface area (Å²) in [5, 5.41) is 13.0. The maximum atomic E-state index is 9.82. The molecule has 1 atom stereocenters. The summed E-state index contributed by atoms with van der Waals surface area (Å²) in [6.45, 7) is 8.65. The molecule has 0 bridgehead atoms. The molecule has 1 aromatic carbocycles. The molecule has 0 aliphatic carbocycles. The quantitative estimate of drug-likeness (QED) is 0.721. The van der Waals surface area contributed by atoms with Crippen molar-refractivity contribution < 1.29 is 9.84 Å². The monoisotopic (exact) mass is 327 g/mol. The molecular formula is C15H22BrNO2. The second-order valence-corrected chi connectivity index (χ2v) is 5.69. The van der Waals surface area contributed by atoms with Gasteiger partial charge in [0.15, 0.2) is 0 Å². The van der Waals surface area contributed by atoms with Crippen molar-refractivity contribution in [1.29, 1.82) is 0 Å². The lowest BCUT2D eigenvalue weighted by molar-refractivity contribution is 0.104. The molecule has 106 valence electrons. The van der Waals surface area contributed by atoms with Gasteiger partial charge >= 0.3 is 0 Å². The first-order valence-electron chi connectivity index (χ1n) is 6.46. The van der Waals surface area contributed by atoms with Crippen molar-refractivity contribution >= 4 is 15.9 Å². The highest BCUT2D eigenvalue weighted by Gasteiger charge is 2.08. The highest BCUT2D eigenvalue weighted by Crippen LogP contribution is 2.24. The predicted octanol–water partition coefficient (Wildman–Crippen LogP) is 2.92. The average Bonchev–Trinajstić information content (AvgIpc) is 2.35. The SMILES string of the molecule is C=CCc1cc(Br)ccc1OCC(O)CNC(C)C. The Morgan fingerprint density at radius 2 is 2.21 bits per heavy atom. The van der Waals surface area contributed by atoms with Gasteiger partial charge in [0, 0.05) is 17.1 Å². The molecule has 1 unspecified atom stereocenters. The summed E-state index contributed by atoms with van der Waals surface area (Å²) in [7, 11) is 0. The zero-order chi connectivity index (χ0) is 14.3. The van der Waals surface area contributed by atoms with E-state index in [2.05, 4.69) is 27.8 Å². The first-order chi connectivity index (χ1) is 9.02. The molecule has 0 heterocycles. The van der Waals surface area contributed by atoms with Gasteiger partial charge in [-0.25, -0.2) is 0 Å². The molecule has 0 amide bonds. The summed E-state index contributed by atoms with van der Waals surface area (Å²) in [5.41, 5.74) is 1.06. The molecule has 0 aromatic heterocycles.